The second kappa shape index (κ2) is 7.76. The van der Waals surface area contributed by atoms with Crippen LogP contribution in [0, 0.1) is 13.8 Å². The molecule has 32 heavy (non-hydrogen) atoms. The van der Waals surface area contributed by atoms with Crippen LogP contribution in [0.1, 0.15) is 22.4 Å². The van der Waals surface area contributed by atoms with E-state index in [9.17, 15) is 0 Å². The maximum atomic E-state index is 6.74. The number of aryl methyl sites for hydroxylation is 2. The minimum atomic E-state index is -0.829. The van der Waals surface area contributed by atoms with Crippen LogP contribution >= 0.6 is 0 Å². The van der Waals surface area contributed by atoms with Gasteiger partial charge in [0, 0.05) is 46.4 Å². The van der Waals surface area contributed by atoms with E-state index in [0.717, 1.165) is 34.2 Å². The van der Waals surface area contributed by atoms with Gasteiger partial charge in [-0.15, -0.1) is 0 Å². The highest BCUT2D eigenvalue weighted by molar-refractivity contribution is 5.87. The molecule has 1 atom stereocenters. The molecule has 1 aliphatic heterocycles. The van der Waals surface area contributed by atoms with Crippen LogP contribution in [-0.4, -0.2) is 29.6 Å². The molecule has 0 radical (unpaired) electrons. The second-order valence-corrected chi connectivity index (χ2v) is 8.31. The van der Waals surface area contributed by atoms with E-state index >= 15 is 0 Å². The lowest BCUT2D eigenvalue weighted by Crippen LogP contribution is -2.57. The van der Waals surface area contributed by atoms with Crippen LogP contribution in [0.15, 0.2) is 59.9 Å². The Kier molecular flexibility index (Phi) is 4.90. The van der Waals surface area contributed by atoms with Crippen molar-refractivity contribution in [2.45, 2.75) is 25.9 Å². The molecule has 0 saturated carbocycles. The topological polar surface area (TPSA) is 103 Å². The smallest absolute Gasteiger partial charge is 0.197 e. The van der Waals surface area contributed by atoms with Gasteiger partial charge >= 0.3 is 0 Å². The molecule has 0 aliphatic carbocycles. The maximum Gasteiger partial charge on any atom is 0.197 e. The van der Waals surface area contributed by atoms with Crippen molar-refractivity contribution < 1.29 is 4.74 Å². The summed E-state index contributed by atoms with van der Waals surface area (Å²) < 4.78 is 5.36. The minimum absolute atomic E-state index is 0.624. The van der Waals surface area contributed by atoms with Gasteiger partial charge in [-0.1, -0.05) is 6.07 Å². The Labute approximate surface area is 186 Å². The third kappa shape index (κ3) is 3.50. The molecule has 164 valence electrons. The summed E-state index contributed by atoms with van der Waals surface area (Å²) >= 11 is 0. The third-order valence-corrected chi connectivity index (χ3v) is 6.30. The van der Waals surface area contributed by atoms with Crippen molar-refractivity contribution in [2.24, 2.45) is 10.7 Å². The van der Waals surface area contributed by atoms with Gasteiger partial charge in [-0.05, 0) is 73.4 Å². The molecule has 1 unspecified atom stereocenters. The molecule has 0 fully saturated rings. The molecule has 0 bridgehead atoms. The molecule has 7 nitrogen and oxygen atoms in total. The van der Waals surface area contributed by atoms with Gasteiger partial charge in [-0.2, -0.15) is 0 Å². The number of aliphatic imine (C=N–C) groups is 1. The summed E-state index contributed by atoms with van der Waals surface area (Å²) in [6, 6.07) is 12.3. The molecule has 2 aromatic carbocycles. The monoisotopic (exact) mass is 428 g/mol. The number of guanidine groups is 1. The summed E-state index contributed by atoms with van der Waals surface area (Å²) in [4.78, 5) is 11.5. The molecule has 6 N–H and O–H groups in total. The summed E-state index contributed by atoms with van der Waals surface area (Å²) in [6.07, 6.45) is 6.62. The molecule has 0 saturated heterocycles. The highest BCUT2D eigenvalue weighted by Crippen LogP contribution is 2.27. The van der Waals surface area contributed by atoms with Crippen LogP contribution in [0.2, 0.25) is 0 Å². The molecule has 1 aliphatic rings. The molecule has 7 heteroatoms. The Morgan fingerprint density at radius 1 is 1.06 bits per heavy atom. The quantitative estimate of drug-likeness (QED) is 0.334. The van der Waals surface area contributed by atoms with Crippen LogP contribution in [0.4, 0.5) is 0 Å². The van der Waals surface area contributed by atoms with E-state index in [1.54, 1.807) is 7.11 Å². The van der Waals surface area contributed by atoms with Gasteiger partial charge in [0.2, 0.25) is 0 Å². The lowest BCUT2D eigenvalue weighted by Gasteiger charge is -2.32. The Balaban J connectivity index is 1.34. The summed E-state index contributed by atoms with van der Waals surface area (Å²) in [6.45, 7) is 4.84. The maximum absolute atomic E-state index is 6.74. The normalized spacial score (nSPS) is 19.4. The average molecular weight is 429 g/mol. The van der Waals surface area contributed by atoms with Crippen molar-refractivity contribution in [3.63, 3.8) is 0 Å². The largest absolute Gasteiger partial charge is 0.497 e. The van der Waals surface area contributed by atoms with E-state index in [0.29, 0.717) is 12.5 Å². The summed E-state index contributed by atoms with van der Waals surface area (Å²) in [7, 11) is 1.68. The van der Waals surface area contributed by atoms with Crippen LogP contribution < -0.4 is 21.1 Å². The Morgan fingerprint density at radius 2 is 1.91 bits per heavy atom. The first-order valence-corrected chi connectivity index (χ1v) is 10.8. The minimum Gasteiger partial charge on any atom is -0.497 e. The number of ether oxygens (including phenoxy) is 1. The zero-order chi connectivity index (χ0) is 22.3. The van der Waals surface area contributed by atoms with Gasteiger partial charge in [-0.25, -0.2) is 0 Å². The third-order valence-electron chi connectivity index (χ3n) is 6.30. The predicted octanol–water partition coefficient (Wildman–Crippen LogP) is 3.69. The zero-order valence-corrected chi connectivity index (χ0v) is 18.5. The second-order valence-electron chi connectivity index (χ2n) is 8.31. The number of H-pyrrole nitrogens is 2. The van der Waals surface area contributed by atoms with E-state index in [4.69, 9.17) is 15.5 Å². The van der Waals surface area contributed by atoms with Crippen LogP contribution in [0.25, 0.3) is 21.8 Å². The Morgan fingerprint density at radius 3 is 2.75 bits per heavy atom. The molecule has 3 heterocycles. The number of hydrogen-bond donors (Lipinski definition) is 5. The Bertz CT molecular complexity index is 1360. The van der Waals surface area contributed by atoms with Crippen LogP contribution in [0.5, 0.6) is 5.75 Å². The number of nitrogens with one attached hydrogen (secondary N) is 4. The highest BCUT2D eigenvalue weighted by Gasteiger charge is 2.28. The van der Waals surface area contributed by atoms with Crippen LogP contribution in [-0.2, 0) is 12.1 Å². The van der Waals surface area contributed by atoms with Crippen molar-refractivity contribution in [1.29, 1.82) is 0 Å². The number of aromatic nitrogens is 2. The first-order chi connectivity index (χ1) is 15.5. The first kappa shape index (κ1) is 20.2. The van der Waals surface area contributed by atoms with Gasteiger partial charge < -0.3 is 31.1 Å². The van der Waals surface area contributed by atoms with E-state index in [-0.39, 0.29) is 0 Å². The fourth-order valence-electron chi connectivity index (χ4n) is 4.28. The fraction of sp³-hybridized carbons (Fsp3) is 0.240. The van der Waals surface area contributed by atoms with Gasteiger partial charge in [0.15, 0.2) is 5.96 Å². The van der Waals surface area contributed by atoms with E-state index in [1.807, 2.05) is 30.6 Å². The first-order valence-electron chi connectivity index (χ1n) is 10.8. The van der Waals surface area contributed by atoms with Crippen LogP contribution in [0.3, 0.4) is 0 Å². The summed E-state index contributed by atoms with van der Waals surface area (Å²) in [5.41, 5.74) is 12.7. The summed E-state index contributed by atoms with van der Waals surface area (Å²) in [5, 5.41) is 8.89. The molecular formula is C25H28N6O. The molecular weight excluding hydrogens is 400 g/mol. The number of aromatic amines is 2. The number of hydrogen-bond acceptors (Lipinski definition) is 3. The molecule has 5 rings (SSSR count). The molecule has 2 aromatic heterocycles. The standard InChI is InChI=1S/C25H28N6O/c1-15-16(2)30-23-6-4-18(12-20(15)23)25(26)9-11-28-24(31-25)27-10-8-17-14-29-22-7-5-19(32-3)13-21(17)22/h4-7,9,11-14,29-30H,8,10,26H2,1-3H3,(H2,27,28,31). The van der Waals surface area contributed by atoms with E-state index in [1.165, 1.54) is 22.2 Å². The lowest BCUT2D eigenvalue weighted by molar-refractivity contribution is 0.415. The van der Waals surface area contributed by atoms with Crippen molar-refractivity contribution >= 4 is 27.8 Å². The van der Waals surface area contributed by atoms with Crippen molar-refractivity contribution in [1.82, 2.24) is 20.6 Å². The fourth-order valence-corrected chi connectivity index (χ4v) is 4.28. The highest BCUT2D eigenvalue weighted by atomic mass is 16.5. The van der Waals surface area contributed by atoms with Gasteiger partial charge in [-0.3, -0.25) is 4.99 Å². The number of methoxy groups -OCH3 is 1. The molecule has 0 spiro atoms. The zero-order valence-electron chi connectivity index (χ0n) is 18.5. The number of fused-ring (bicyclic) bond motifs is 2. The van der Waals surface area contributed by atoms with Crippen molar-refractivity contribution in [2.75, 3.05) is 13.7 Å². The summed E-state index contributed by atoms with van der Waals surface area (Å²) in [5.74, 6) is 1.51. The van der Waals surface area contributed by atoms with Crippen molar-refractivity contribution in [3.8, 4) is 5.75 Å². The lowest BCUT2D eigenvalue weighted by atomic mass is 9.97. The number of rotatable bonds is 5. The van der Waals surface area contributed by atoms with E-state index < -0.39 is 5.66 Å². The molecule has 0 amide bonds. The SMILES string of the molecule is COc1ccc2[nH]cc(CCN=C3NC=CC(N)(c4ccc5[nH]c(C)c(C)c5c4)N3)c2c1. The average Bonchev–Trinajstić information content (AvgIpc) is 3.33. The van der Waals surface area contributed by atoms with Gasteiger partial charge in [0.25, 0.3) is 0 Å². The van der Waals surface area contributed by atoms with E-state index in [2.05, 4.69) is 58.7 Å². The number of nitrogens with two attached hydrogens (primary N) is 1. The van der Waals surface area contributed by atoms with Crippen molar-refractivity contribution in [3.05, 3.63) is 77.3 Å². The predicted molar refractivity (Wildman–Crippen MR) is 130 cm³/mol. The molecule has 4 aromatic rings. The van der Waals surface area contributed by atoms with Gasteiger partial charge in [0.1, 0.15) is 11.4 Å². The number of nitrogens with zero attached hydrogens (tertiary/aromatic N) is 1. The Hall–Kier alpha value is -3.71. The van der Waals surface area contributed by atoms with Gasteiger partial charge in [0.05, 0.1) is 7.11 Å². The number of benzene rings is 2.